The third-order valence-electron chi connectivity index (χ3n) is 2.95. The van der Waals surface area contributed by atoms with Crippen molar-refractivity contribution >= 4 is 15.9 Å². The number of hydrogen-bond donors (Lipinski definition) is 1. The topological polar surface area (TPSA) is 30.5 Å². The lowest BCUT2D eigenvalue weighted by molar-refractivity contribution is -0.133. The summed E-state index contributed by atoms with van der Waals surface area (Å²) in [6, 6.07) is 4.37. The molecule has 0 saturated heterocycles. The summed E-state index contributed by atoms with van der Waals surface area (Å²) in [5.74, 6) is 0. The predicted molar refractivity (Wildman–Crippen MR) is 82.4 cm³/mol. The molecule has 0 amide bonds. The Morgan fingerprint density at radius 2 is 1.74 bits per heavy atom. The first-order valence-corrected chi connectivity index (χ1v) is 7.57. The van der Waals surface area contributed by atoms with Crippen LogP contribution in [0.1, 0.15) is 30.5 Å². The van der Waals surface area contributed by atoms with Crippen molar-refractivity contribution in [2.24, 2.45) is 0 Å². The highest BCUT2D eigenvalue weighted by Gasteiger charge is 2.08. The smallest absolute Gasteiger partial charge is 0.169 e. The van der Waals surface area contributed by atoms with Crippen molar-refractivity contribution in [2.75, 3.05) is 19.8 Å². The van der Waals surface area contributed by atoms with Crippen molar-refractivity contribution in [2.45, 2.75) is 40.5 Å². The lowest BCUT2D eigenvalue weighted by atomic mass is 10.1. The number of ether oxygens (including phenoxy) is 2. The van der Waals surface area contributed by atoms with E-state index in [0.29, 0.717) is 19.8 Å². The molecular weight excluding hydrogens is 306 g/mol. The maximum Gasteiger partial charge on any atom is 0.169 e. The van der Waals surface area contributed by atoms with E-state index in [1.165, 1.54) is 16.7 Å². The van der Waals surface area contributed by atoms with Gasteiger partial charge in [0.2, 0.25) is 0 Å². The molecule has 0 aliphatic carbocycles. The van der Waals surface area contributed by atoms with Crippen LogP contribution in [0.2, 0.25) is 0 Å². The van der Waals surface area contributed by atoms with Gasteiger partial charge in [-0.3, -0.25) is 0 Å². The van der Waals surface area contributed by atoms with Crippen LogP contribution in [0.4, 0.5) is 0 Å². The van der Waals surface area contributed by atoms with E-state index in [1.54, 1.807) is 0 Å². The maximum absolute atomic E-state index is 5.50. The summed E-state index contributed by atoms with van der Waals surface area (Å²) in [6.07, 6.45) is -0.160. The van der Waals surface area contributed by atoms with Crippen molar-refractivity contribution in [3.63, 3.8) is 0 Å². The molecule has 0 heterocycles. The van der Waals surface area contributed by atoms with Gasteiger partial charge >= 0.3 is 0 Å². The van der Waals surface area contributed by atoms with Crippen LogP contribution in [-0.2, 0) is 16.0 Å². The van der Waals surface area contributed by atoms with Gasteiger partial charge in [-0.05, 0) is 50.5 Å². The number of halogens is 1. The third kappa shape index (κ3) is 5.61. The van der Waals surface area contributed by atoms with E-state index in [9.17, 15) is 0 Å². The summed E-state index contributed by atoms with van der Waals surface area (Å²) in [4.78, 5) is 0. The van der Waals surface area contributed by atoms with Gasteiger partial charge in [-0.15, -0.1) is 0 Å². The number of aryl methyl sites for hydroxylation is 2. The number of hydrogen-bond acceptors (Lipinski definition) is 3. The molecule has 1 aromatic rings. The van der Waals surface area contributed by atoms with E-state index < -0.39 is 0 Å². The standard InChI is InChI=1S/C15H24BrNO2/c1-5-18-15(19-6-2)10-17-9-13-7-12(4)14(16)8-11(13)3/h7-8,15,17H,5-6,9-10H2,1-4H3. The van der Waals surface area contributed by atoms with E-state index in [1.807, 2.05) is 13.8 Å². The van der Waals surface area contributed by atoms with Crippen molar-refractivity contribution < 1.29 is 9.47 Å². The van der Waals surface area contributed by atoms with E-state index in [0.717, 1.165) is 11.0 Å². The van der Waals surface area contributed by atoms with Gasteiger partial charge in [0, 0.05) is 30.8 Å². The highest BCUT2D eigenvalue weighted by molar-refractivity contribution is 9.10. The van der Waals surface area contributed by atoms with Gasteiger partial charge in [-0.2, -0.15) is 0 Å². The van der Waals surface area contributed by atoms with Gasteiger partial charge in [0.05, 0.1) is 0 Å². The van der Waals surface area contributed by atoms with Gasteiger partial charge in [0.25, 0.3) is 0 Å². The molecule has 0 spiro atoms. The van der Waals surface area contributed by atoms with Gasteiger partial charge in [0.15, 0.2) is 6.29 Å². The minimum atomic E-state index is -0.160. The monoisotopic (exact) mass is 329 g/mol. The molecule has 0 unspecified atom stereocenters. The second kappa shape index (κ2) is 8.69. The van der Waals surface area contributed by atoms with E-state index in [-0.39, 0.29) is 6.29 Å². The SMILES string of the molecule is CCOC(CNCc1cc(C)c(Br)cc1C)OCC. The summed E-state index contributed by atoms with van der Waals surface area (Å²) >= 11 is 3.55. The van der Waals surface area contributed by atoms with E-state index in [2.05, 4.69) is 47.2 Å². The minimum absolute atomic E-state index is 0.160. The molecule has 4 heteroatoms. The van der Waals surface area contributed by atoms with Crippen LogP contribution >= 0.6 is 15.9 Å². The average molecular weight is 330 g/mol. The molecule has 1 aromatic carbocycles. The Morgan fingerprint density at radius 3 is 2.32 bits per heavy atom. The van der Waals surface area contributed by atoms with Crippen molar-refractivity contribution in [1.82, 2.24) is 5.32 Å². The van der Waals surface area contributed by atoms with Gasteiger partial charge in [-0.25, -0.2) is 0 Å². The average Bonchev–Trinajstić information content (AvgIpc) is 2.36. The lowest BCUT2D eigenvalue weighted by Gasteiger charge is -2.18. The number of benzene rings is 1. The van der Waals surface area contributed by atoms with Crippen molar-refractivity contribution in [3.8, 4) is 0 Å². The Morgan fingerprint density at radius 1 is 1.11 bits per heavy atom. The molecule has 0 bridgehead atoms. The minimum Gasteiger partial charge on any atom is -0.352 e. The van der Waals surface area contributed by atoms with E-state index >= 15 is 0 Å². The van der Waals surface area contributed by atoms with Gasteiger partial charge < -0.3 is 14.8 Å². The number of nitrogens with one attached hydrogen (secondary N) is 1. The first kappa shape index (κ1) is 16.6. The molecule has 1 N–H and O–H groups in total. The molecule has 108 valence electrons. The Kier molecular flexibility index (Phi) is 7.61. The summed E-state index contributed by atoms with van der Waals surface area (Å²) in [6.45, 7) is 11.1. The Balaban J connectivity index is 2.50. The number of rotatable bonds is 8. The first-order valence-electron chi connectivity index (χ1n) is 6.78. The zero-order chi connectivity index (χ0) is 14.3. The van der Waals surface area contributed by atoms with Crippen LogP contribution in [0, 0.1) is 13.8 Å². The quantitative estimate of drug-likeness (QED) is 0.740. The van der Waals surface area contributed by atoms with Crippen LogP contribution in [-0.4, -0.2) is 26.0 Å². The Bertz CT molecular complexity index is 390. The summed E-state index contributed by atoms with van der Waals surface area (Å²) in [5.41, 5.74) is 3.86. The second-order valence-electron chi connectivity index (χ2n) is 4.50. The molecule has 0 aliphatic heterocycles. The molecule has 0 fully saturated rings. The molecule has 0 atom stereocenters. The van der Waals surface area contributed by atoms with Crippen LogP contribution in [0.15, 0.2) is 16.6 Å². The molecule has 19 heavy (non-hydrogen) atoms. The summed E-state index contributed by atoms with van der Waals surface area (Å²) < 4.78 is 12.2. The van der Waals surface area contributed by atoms with Crippen LogP contribution in [0.25, 0.3) is 0 Å². The molecule has 3 nitrogen and oxygen atoms in total. The molecule has 0 aromatic heterocycles. The van der Waals surface area contributed by atoms with Crippen molar-refractivity contribution in [1.29, 1.82) is 0 Å². The van der Waals surface area contributed by atoms with Crippen LogP contribution in [0.3, 0.4) is 0 Å². The highest BCUT2D eigenvalue weighted by Crippen LogP contribution is 2.20. The molecule has 0 saturated carbocycles. The Labute approximate surface area is 124 Å². The lowest BCUT2D eigenvalue weighted by Crippen LogP contribution is -2.31. The largest absolute Gasteiger partial charge is 0.352 e. The zero-order valence-electron chi connectivity index (χ0n) is 12.3. The Hall–Kier alpha value is -0.420. The normalized spacial score (nSPS) is 11.3. The summed E-state index contributed by atoms with van der Waals surface area (Å²) in [7, 11) is 0. The zero-order valence-corrected chi connectivity index (χ0v) is 13.8. The predicted octanol–water partition coefficient (Wildman–Crippen LogP) is 3.55. The van der Waals surface area contributed by atoms with Crippen molar-refractivity contribution in [3.05, 3.63) is 33.3 Å². The van der Waals surface area contributed by atoms with Gasteiger partial charge in [-0.1, -0.05) is 22.0 Å². The molecule has 1 rings (SSSR count). The fraction of sp³-hybridized carbons (Fsp3) is 0.600. The first-order chi connectivity index (χ1) is 9.08. The highest BCUT2D eigenvalue weighted by atomic mass is 79.9. The fourth-order valence-electron chi connectivity index (χ4n) is 1.89. The van der Waals surface area contributed by atoms with E-state index in [4.69, 9.17) is 9.47 Å². The maximum atomic E-state index is 5.50. The second-order valence-corrected chi connectivity index (χ2v) is 5.35. The van der Waals surface area contributed by atoms with Gasteiger partial charge in [0.1, 0.15) is 0 Å². The summed E-state index contributed by atoms with van der Waals surface area (Å²) in [5, 5.41) is 3.39. The molecular formula is C15H24BrNO2. The van der Waals surface area contributed by atoms with Crippen LogP contribution in [0.5, 0.6) is 0 Å². The molecule has 0 aliphatic rings. The fourth-order valence-corrected chi connectivity index (χ4v) is 2.35. The third-order valence-corrected chi connectivity index (χ3v) is 3.80. The van der Waals surface area contributed by atoms with Crippen LogP contribution < -0.4 is 5.32 Å². The molecule has 0 radical (unpaired) electrons.